The van der Waals surface area contributed by atoms with Gasteiger partial charge in [-0.2, -0.15) is 0 Å². The Hall–Kier alpha value is -1.82. The molecule has 2 atom stereocenters. The SMILES string of the molecule is CCCN(C)Cc1cc(C)cc(C(=O)N[C@@H](Cc2cc(F)cc(F)c2)[C@@H](O)CNCc2cccc(I)c2)c1.Cl.Cl. The Kier molecular flexibility index (Phi) is 16.2. The average Bonchev–Trinajstić information content (AvgIpc) is 2.82. The number of rotatable bonds is 13. The summed E-state index contributed by atoms with van der Waals surface area (Å²) < 4.78 is 28.9. The van der Waals surface area contributed by atoms with Crippen LogP contribution in [-0.4, -0.2) is 48.2 Å². The lowest BCUT2D eigenvalue weighted by Crippen LogP contribution is -2.48. The van der Waals surface area contributed by atoms with Gasteiger partial charge in [-0.15, -0.1) is 24.8 Å². The zero-order valence-electron chi connectivity index (χ0n) is 22.9. The van der Waals surface area contributed by atoms with Gasteiger partial charge in [-0.1, -0.05) is 30.7 Å². The number of amides is 1. The fourth-order valence-electron chi connectivity index (χ4n) is 4.53. The van der Waals surface area contributed by atoms with Crippen molar-refractivity contribution in [3.05, 3.63) is 104 Å². The van der Waals surface area contributed by atoms with Crippen molar-refractivity contribution in [3.63, 3.8) is 0 Å². The first-order valence-corrected chi connectivity index (χ1v) is 13.9. The number of hydrogen-bond donors (Lipinski definition) is 3. The lowest BCUT2D eigenvalue weighted by molar-refractivity contribution is 0.0829. The summed E-state index contributed by atoms with van der Waals surface area (Å²) in [6.45, 7) is 6.45. The van der Waals surface area contributed by atoms with Gasteiger partial charge >= 0.3 is 0 Å². The normalized spacial score (nSPS) is 12.3. The van der Waals surface area contributed by atoms with E-state index in [1.807, 2.05) is 44.3 Å². The van der Waals surface area contributed by atoms with Crippen LogP contribution in [0, 0.1) is 22.1 Å². The largest absolute Gasteiger partial charge is 0.390 e. The van der Waals surface area contributed by atoms with Gasteiger partial charge in [0.05, 0.1) is 12.1 Å². The van der Waals surface area contributed by atoms with E-state index in [0.717, 1.165) is 39.3 Å². The van der Waals surface area contributed by atoms with Crippen molar-refractivity contribution < 1.29 is 18.7 Å². The number of benzene rings is 3. The fourth-order valence-corrected chi connectivity index (χ4v) is 5.14. The third-order valence-corrected chi connectivity index (χ3v) is 6.86. The number of hydrogen-bond acceptors (Lipinski definition) is 4. The number of halogens is 5. The second-order valence-corrected chi connectivity index (χ2v) is 11.1. The lowest BCUT2D eigenvalue weighted by Gasteiger charge is -2.25. The van der Waals surface area contributed by atoms with Crippen molar-refractivity contribution in [1.29, 1.82) is 0 Å². The molecule has 0 aromatic heterocycles. The van der Waals surface area contributed by atoms with E-state index >= 15 is 0 Å². The van der Waals surface area contributed by atoms with Gasteiger partial charge in [0.15, 0.2) is 0 Å². The molecule has 0 saturated heterocycles. The summed E-state index contributed by atoms with van der Waals surface area (Å²) in [5.74, 6) is -1.74. The van der Waals surface area contributed by atoms with Crippen molar-refractivity contribution in [3.8, 4) is 0 Å². The quantitative estimate of drug-likeness (QED) is 0.189. The maximum atomic E-state index is 13.9. The van der Waals surface area contributed by atoms with E-state index in [1.54, 1.807) is 6.07 Å². The number of aryl methyl sites for hydroxylation is 1. The summed E-state index contributed by atoms with van der Waals surface area (Å²) in [4.78, 5) is 15.5. The first-order chi connectivity index (χ1) is 18.1. The number of nitrogens with zero attached hydrogens (tertiary/aromatic N) is 1. The molecule has 3 rings (SSSR count). The smallest absolute Gasteiger partial charge is 0.251 e. The predicted molar refractivity (Wildman–Crippen MR) is 170 cm³/mol. The van der Waals surface area contributed by atoms with Crippen LogP contribution in [0.5, 0.6) is 0 Å². The highest BCUT2D eigenvalue weighted by Gasteiger charge is 2.23. The van der Waals surface area contributed by atoms with Crippen molar-refractivity contribution in [2.75, 3.05) is 20.1 Å². The molecule has 0 heterocycles. The summed E-state index contributed by atoms with van der Waals surface area (Å²) in [6.07, 6.45) is 0.116. The van der Waals surface area contributed by atoms with Gasteiger partial charge in [0.25, 0.3) is 5.91 Å². The van der Waals surface area contributed by atoms with E-state index in [4.69, 9.17) is 0 Å². The van der Waals surface area contributed by atoms with E-state index in [9.17, 15) is 18.7 Å². The fraction of sp³-hybridized carbons (Fsp3) is 0.367. The Morgan fingerprint density at radius 2 is 1.70 bits per heavy atom. The first kappa shape index (κ1) is 36.2. The van der Waals surface area contributed by atoms with Crippen LogP contribution < -0.4 is 10.6 Å². The minimum atomic E-state index is -0.993. The maximum Gasteiger partial charge on any atom is 0.251 e. The Morgan fingerprint density at radius 1 is 1.00 bits per heavy atom. The highest BCUT2D eigenvalue weighted by molar-refractivity contribution is 14.1. The second kappa shape index (κ2) is 17.9. The van der Waals surface area contributed by atoms with Crippen LogP contribution in [0.4, 0.5) is 8.78 Å². The minimum absolute atomic E-state index is 0. The molecule has 0 aliphatic rings. The Labute approximate surface area is 262 Å². The van der Waals surface area contributed by atoms with E-state index < -0.39 is 23.8 Å². The van der Waals surface area contributed by atoms with Crippen molar-refractivity contribution in [1.82, 2.24) is 15.5 Å². The highest BCUT2D eigenvalue weighted by atomic mass is 127. The molecule has 0 radical (unpaired) electrons. The molecule has 0 unspecified atom stereocenters. The molecule has 40 heavy (non-hydrogen) atoms. The molecule has 220 valence electrons. The van der Waals surface area contributed by atoms with Crippen LogP contribution in [0.1, 0.15) is 46.0 Å². The first-order valence-electron chi connectivity index (χ1n) is 12.8. The molecule has 0 spiro atoms. The Bertz CT molecular complexity index is 1220. The van der Waals surface area contributed by atoms with Crippen LogP contribution in [0.2, 0.25) is 0 Å². The number of carbonyl (C=O) groups is 1. The van der Waals surface area contributed by atoms with Crippen LogP contribution in [0.3, 0.4) is 0 Å². The zero-order valence-corrected chi connectivity index (χ0v) is 26.7. The van der Waals surface area contributed by atoms with Gasteiger partial charge in [-0.25, -0.2) is 8.78 Å². The Balaban J connectivity index is 0.00000400. The molecule has 0 fully saturated rings. The van der Waals surface area contributed by atoms with E-state index in [1.165, 1.54) is 12.1 Å². The second-order valence-electron chi connectivity index (χ2n) is 9.84. The standard InChI is InChI=1S/C30H36F2IN3O2.2ClH/c1-4-8-36(3)19-23-9-20(2)10-24(11-23)30(38)35-28(15-22-12-25(31)16-26(32)13-22)29(37)18-34-17-21-6-5-7-27(33)14-21;;/h5-7,9-14,16,28-29,34,37H,4,8,15,17-19H2,1-3H3,(H,35,38);2*1H/t28-,29-;;/m0../s1. The number of aliphatic hydroxyl groups excluding tert-OH is 1. The van der Waals surface area contributed by atoms with Gasteiger partial charge in [-0.3, -0.25) is 4.79 Å². The van der Waals surface area contributed by atoms with Crippen LogP contribution in [0.15, 0.2) is 60.7 Å². The summed E-state index contributed by atoms with van der Waals surface area (Å²) >= 11 is 2.24. The van der Waals surface area contributed by atoms with E-state index in [2.05, 4.69) is 51.1 Å². The van der Waals surface area contributed by atoms with Crippen molar-refractivity contribution in [2.45, 2.75) is 51.9 Å². The number of carbonyl (C=O) groups excluding carboxylic acids is 1. The lowest BCUT2D eigenvalue weighted by atomic mass is 9.99. The van der Waals surface area contributed by atoms with Gasteiger partial charge in [-0.05, 0) is 109 Å². The van der Waals surface area contributed by atoms with Gasteiger partial charge in [0.1, 0.15) is 11.6 Å². The van der Waals surface area contributed by atoms with Gasteiger partial charge in [0, 0.05) is 34.8 Å². The minimum Gasteiger partial charge on any atom is -0.390 e. The maximum absolute atomic E-state index is 13.9. The van der Waals surface area contributed by atoms with Crippen LogP contribution >= 0.6 is 47.4 Å². The third kappa shape index (κ3) is 12.0. The summed E-state index contributed by atoms with van der Waals surface area (Å²) in [5.41, 5.74) is 3.89. The van der Waals surface area contributed by atoms with Crippen LogP contribution in [0.25, 0.3) is 0 Å². The van der Waals surface area contributed by atoms with E-state index in [0.29, 0.717) is 24.2 Å². The Morgan fingerprint density at radius 3 is 2.35 bits per heavy atom. The molecule has 1 amide bonds. The molecule has 10 heteroatoms. The van der Waals surface area contributed by atoms with Gasteiger partial charge in [0.2, 0.25) is 0 Å². The zero-order chi connectivity index (χ0) is 27.7. The number of aliphatic hydroxyl groups is 1. The molecule has 0 aliphatic heterocycles. The molecule has 0 bridgehead atoms. The summed E-state index contributed by atoms with van der Waals surface area (Å²) in [5, 5.41) is 17.2. The molecule has 3 aromatic carbocycles. The molecule has 3 N–H and O–H groups in total. The predicted octanol–water partition coefficient (Wildman–Crippen LogP) is 6.06. The molecular weight excluding hydrogens is 670 g/mol. The summed E-state index contributed by atoms with van der Waals surface area (Å²) in [7, 11) is 2.04. The molecular formula is C30H38Cl2F2IN3O2. The highest BCUT2D eigenvalue weighted by Crippen LogP contribution is 2.15. The van der Waals surface area contributed by atoms with Crippen LogP contribution in [-0.2, 0) is 19.5 Å². The average molecular weight is 708 g/mol. The molecule has 5 nitrogen and oxygen atoms in total. The molecule has 0 saturated carbocycles. The monoisotopic (exact) mass is 707 g/mol. The van der Waals surface area contributed by atoms with Crippen molar-refractivity contribution in [2.24, 2.45) is 0 Å². The summed E-state index contributed by atoms with van der Waals surface area (Å²) in [6, 6.07) is 16.2. The topological polar surface area (TPSA) is 64.6 Å². The van der Waals surface area contributed by atoms with E-state index in [-0.39, 0.29) is 43.7 Å². The molecule has 3 aromatic rings. The number of nitrogens with one attached hydrogen (secondary N) is 2. The third-order valence-electron chi connectivity index (χ3n) is 6.19. The van der Waals surface area contributed by atoms with Gasteiger partial charge < -0.3 is 20.6 Å². The van der Waals surface area contributed by atoms with Crippen molar-refractivity contribution >= 4 is 53.3 Å². The molecule has 0 aliphatic carbocycles.